The summed E-state index contributed by atoms with van der Waals surface area (Å²) in [5, 5.41) is 6.58. The minimum absolute atomic E-state index is 0.266. The molecule has 2 aromatic carbocycles. The maximum atomic E-state index is 12.1. The largest absolute Gasteiger partial charge is 0.359 e. The Labute approximate surface area is 174 Å². The Morgan fingerprint density at radius 2 is 1.67 bits per heavy atom. The molecule has 0 saturated carbocycles. The molecule has 0 spiro atoms. The summed E-state index contributed by atoms with van der Waals surface area (Å²) in [6.45, 7) is 0.794. The number of amides is 2. The fraction of sp³-hybridized carbons (Fsp3) is 0.130. The highest BCUT2D eigenvalue weighted by Gasteiger charge is 2.09. The van der Waals surface area contributed by atoms with Gasteiger partial charge in [-0.15, -0.1) is 0 Å². The van der Waals surface area contributed by atoms with Gasteiger partial charge in [0.15, 0.2) is 0 Å². The normalized spacial score (nSPS) is 10.6. The smallest absolute Gasteiger partial charge is 0.323 e. The number of pyridine rings is 1. The Morgan fingerprint density at radius 1 is 0.933 bits per heavy atom. The van der Waals surface area contributed by atoms with E-state index in [1.54, 1.807) is 18.7 Å². The highest BCUT2D eigenvalue weighted by atomic mass is 16.2. The van der Waals surface area contributed by atoms with Crippen LogP contribution in [0.15, 0.2) is 79.4 Å². The number of fused-ring (bicyclic) bond motifs is 1. The molecule has 0 fully saturated rings. The lowest BCUT2D eigenvalue weighted by atomic mass is 10.1. The summed E-state index contributed by atoms with van der Waals surface area (Å²) in [5.41, 5.74) is 3.55. The van der Waals surface area contributed by atoms with Crippen molar-refractivity contribution in [3.05, 3.63) is 84.9 Å². The van der Waals surface area contributed by atoms with E-state index in [0.29, 0.717) is 0 Å². The topological polar surface area (TPSA) is 83.0 Å². The number of benzene rings is 2. The van der Waals surface area contributed by atoms with Gasteiger partial charge in [-0.1, -0.05) is 30.3 Å². The Bertz CT molecular complexity index is 1130. The summed E-state index contributed by atoms with van der Waals surface area (Å²) < 4.78 is 0. The molecule has 4 aromatic rings. The number of nitrogens with one attached hydrogen (secondary N) is 2. The zero-order valence-electron chi connectivity index (χ0n) is 16.6. The molecule has 2 aromatic heterocycles. The Morgan fingerprint density at radius 3 is 2.43 bits per heavy atom. The molecule has 7 heteroatoms. The van der Waals surface area contributed by atoms with Crippen LogP contribution in [0.4, 0.5) is 22.0 Å². The van der Waals surface area contributed by atoms with Crippen LogP contribution >= 0.6 is 0 Å². The standard InChI is InChI=1S/C23H22N6O/c1-29(22-20-15-24-13-11-21(20)25-16-26-22)14-12-17-7-9-19(10-8-17)28-23(30)27-18-5-3-2-4-6-18/h2-11,13,15-16H,12,14H2,1H3,(H2,27,28,30). The molecule has 0 bridgehead atoms. The third kappa shape index (κ3) is 4.70. The van der Waals surface area contributed by atoms with Gasteiger partial charge >= 0.3 is 6.03 Å². The summed E-state index contributed by atoms with van der Waals surface area (Å²) in [4.78, 5) is 27.1. The molecule has 2 N–H and O–H groups in total. The van der Waals surface area contributed by atoms with Gasteiger partial charge in [-0.05, 0) is 42.3 Å². The number of rotatable bonds is 6. The van der Waals surface area contributed by atoms with E-state index in [1.807, 2.05) is 67.7 Å². The predicted molar refractivity (Wildman–Crippen MR) is 120 cm³/mol. The molecule has 0 aliphatic rings. The lowest BCUT2D eigenvalue weighted by Crippen LogP contribution is -2.22. The monoisotopic (exact) mass is 398 g/mol. The third-order valence-electron chi connectivity index (χ3n) is 4.76. The molecule has 0 saturated heterocycles. The summed E-state index contributed by atoms with van der Waals surface area (Å²) >= 11 is 0. The fourth-order valence-electron chi connectivity index (χ4n) is 3.16. The minimum Gasteiger partial charge on any atom is -0.359 e. The van der Waals surface area contributed by atoms with Gasteiger partial charge in [0.1, 0.15) is 12.1 Å². The first-order valence-electron chi connectivity index (χ1n) is 9.67. The van der Waals surface area contributed by atoms with Gasteiger partial charge in [0.05, 0.1) is 10.9 Å². The fourth-order valence-corrected chi connectivity index (χ4v) is 3.16. The van der Waals surface area contributed by atoms with Gasteiger partial charge < -0.3 is 15.5 Å². The summed E-state index contributed by atoms with van der Waals surface area (Å²) in [7, 11) is 2.01. The number of anilines is 3. The number of aromatic nitrogens is 3. The first kappa shape index (κ1) is 19.3. The van der Waals surface area contributed by atoms with E-state index < -0.39 is 0 Å². The van der Waals surface area contributed by atoms with E-state index >= 15 is 0 Å². The van der Waals surface area contributed by atoms with Crippen LogP contribution in [0.5, 0.6) is 0 Å². The second-order valence-corrected chi connectivity index (χ2v) is 6.90. The van der Waals surface area contributed by atoms with Crippen molar-refractivity contribution in [1.29, 1.82) is 0 Å². The predicted octanol–water partition coefficient (Wildman–Crippen LogP) is 4.35. The van der Waals surface area contributed by atoms with Gasteiger partial charge in [0.25, 0.3) is 0 Å². The molecular formula is C23H22N6O. The third-order valence-corrected chi connectivity index (χ3v) is 4.76. The van der Waals surface area contributed by atoms with Crippen molar-refractivity contribution in [2.75, 3.05) is 29.1 Å². The van der Waals surface area contributed by atoms with E-state index in [0.717, 1.165) is 41.1 Å². The number of urea groups is 1. The number of para-hydroxylation sites is 1. The maximum absolute atomic E-state index is 12.1. The Balaban J connectivity index is 1.34. The van der Waals surface area contributed by atoms with Crippen molar-refractivity contribution in [3.63, 3.8) is 0 Å². The van der Waals surface area contributed by atoms with Crippen LogP contribution in [0.3, 0.4) is 0 Å². The van der Waals surface area contributed by atoms with Crippen molar-refractivity contribution in [2.24, 2.45) is 0 Å². The molecule has 150 valence electrons. The Hall–Kier alpha value is -4.00. The number of carbonyl (C=O) groups excluding carboxylic acids is 1. The average Bonchev–Trinajstić information content (AvgIpc) is 2.78. The molecule has 2 amide bonds. The lowest BCUT2D eigenvalue weighted by molar-refractivity contribution is 0.262. The Kier molecular flexibility index (Phi) is 5.80. The highest BCUT2D eigenvalue weighted by molar-refractivity contribution is 5.99. The van der Waals surface area contributed by atoms with Gasteiger partial charge in [-0.3, -0.25) is 4.98 Å². The molecule has 4 rings (SSSR count). The van der Waals surface area contributed by atoms with E-state index in [9.17, 15) is 4.79 Å². The van der Waals surface area contributed by atoms with Gasteiger partial charge in [0, 0.05) is 37.4 Å². The molecule has 0 atom stereocenters. The van der Waals surface area contributed by atoms with E-state index in [4.69, 9.17) is 0 Å². The molecule has 0 radical (unpaired) electrons. The van der Waals surface area contributed by atoms with Crippen molar-refractivity contribution >= 4 is 34.1 Å². The van der Waals surface area contributed by atoms with Crippen LogP contribution in [0.25, 0.3) is 10.9 Å². The zero-order chi connectivity index (χ0) is 20.8. The lowest BCUT2D eigenvalue weighted by Gasteiger charge is -2.19. The van der Waals surface area contributed by atoms with E-state index in [-0.39, 0.29) is 6.03 Å². The number of hydrogen-bond acceptors (Lipinski definition) is 5. The van der Waals surface area contributed by atoms with Crippen molar-refractivity contribution in [1.82, 2.24) is 15.0 Å². The molecule has 7 nitrogen and oxygen atoms in total. The number of likely N-dealkylation sites (N-methyl/N-ethyl adjacent to an activating group) is 1. The second kappa shape index (κ2) is 9.00. The van der Waals surface area contributed by atoms with Crippen LogP contribution in [0, 0.1) is 0 Å². The maximum Gasteiger partial charge on any atom is 0.323 e. The molecule has 2 heterocycles. The van der Waals surface area contributed by atoms with Crippen LogP contribution < -0.4 is 15.5 Å². The first-order valence-corrected chi connectivity index (χ1v) is 9.67. The minimum atomic E-state index is -0.266. The molecular weight excluding hydrogens is 376 g/mol. The first-order chi connectivity index (χ1) is 14.7. The van der Waals surface area contributed by atoms with Crippen molar-refractivity contribution < 1.29 is 4.79 Å². The van der Waals surface area contributed by atoms with Crippen LogP contribution in [0.1, 0.15) is 5.56 Å². The summed E-state index contributed by atoms with van der Waals surface area (Å²) in [6.07, 6.45) is 5.95. The van der Waals surface area contributed by atoms with Crippen molar-refractivity contribution in [2.45, 2.75) is 6.42 Å². The summed E-state index contributed by atoms with van der Waals surface area (Å²) in [6, 6.07) is 18.8. The number of carbonyl (C=O) groups is 1. The van der Waals surface area contributed by atoms with E-state index in [2.05, 4.69) is 30.5 Å². The molecule has 0 aliphatic carbocycles. The van der Waals surface area contributed by atoms with Gasteiger partial charge in [0.2, 0.25) is 0 Å². The summed E-state index contributed by atoms with van der Waals surface area (Å²) in [5.74, 6) is 0.865. The SMILES string of the molecule is CN(CCc1ccc(NC(=O)Nc2ccccc2)cc1)c1ncnc2ccncc12. The average molecular weight is 398 g/mol. The highest BCUT2D eigenvalue weighted by Crippen LogP contribution is 2.21. The van der Waals surface area contributed by atoms with E-state index in [1.165, 1.54) is 5.56 Å². The van der Waals surface area contributed by atoms with Crippen LogP contribution in [-0.2, 0) is 6.42 Å². The quantitative estimate of drug-likeness (QED) is 0.505. The van der Waals surface area contributed by atoms with Gasteiger partial charge in [-0.2, -0.15) is 0 Å². The van der Waals surface area contributed by atoms with Gasteiger partial charge in [-0.25, -0.2) is 14.8 Å². The van der Waals surface area contributed by atoms with Crippen molar-refractivity contribution in [3.8, 4) is 0 Å². The molecule has 0 unspecified atom stereocenters. The van der Waals surface area contributed by atoms with Crippen LogP contribution in [0.2, 0.25) is 0 Å². The molecule has 30 heavy (non-hydrogen) atoms. The zero-order valence-corrected chi connectivity index (χ0v) is 16.6. The molecule has 0 aliphatic heterocycles. The number of hydrogen-bond donors (Lipinski definition) is 2. The van der Waals surface area contributed by atoms with Crippen LogP contribution in [-0.4, -0.2) is 34.6 Å². The second-order valence-electron chi connectivity index (χ2n) is 6.90. The number of nitrogens with zero attached hydrogens (tertiary/aromatic N) is 4.